The Labute approximate surface area is 145 Å². The molecule has 2 nitrogen and oxygen atoms in total. The third-order valence-electron chi connectivity index (χ3n) is 5.03. The lowest BCUT2D eigenvalue weighted by atomic mass is 9.99. The monoisotopic (exact) mass is 326 g/mol. The largest absolute Gasteiger partial charge is 0.481 e. The molecule has 0 saturated carbocycles. The molecular weight excluding hydrogens is 284 g/mol. The molecule has 2 heteroatoms. The summed E-state index contributed by atoms with van der Waals surface area (Å²) in [5.74, 6) is 0.271. The minimum absolute atomic E-state index is 0.345. The van der Waals surface area contributed by atoms with E-state index in [2.05, 4.69) is 13.8 Å². The molecule has 0 bridgehead atoms. The fourth-order valence-corrected chi connectivity index (χ4v) is 3.09. The predicted molar refractivity (Wildman–Crippen MR) is 101 cm³/mol. The standard InChI is InChI=1S/C21H42O2/c1-3-20(2)18-16-14-12-10-8-6-4-5-7-9-11-13-15-17-19-21(22)23/h20H,3-19H2,1-2H3,(H,22,23). The summed E-state index contributed by atoms with van der Waals surface area (Å²) in [5.41, 5.74) is 0. The lowest BCUT2D eigenvalue weighted by Gasteiger charge is -2.07. The first kappa shape index (κ1) is 22.5. The summed E-state index contributed by atoms with van der Waals surface area (Å²) in [6.07, 6.45) is 21.6. The number of hydrogen-bond donors (Lipinski definition) is 1. The minimum atomic E-state index is -0.652. The fourth-order valence-electron chi connectivity index (χ4n) is 3.09. The van der Waals surface area contributed by atoms with Crippen LogP contribution in [-0.4, -0.2) is 11.1 Å². The van der Waals surface area contributed by atoms with Crippen LogP contribution in [0.15, 0.2) is 0 Å². The molecule has 1 atom stereocenters. The quantitative estimate of drug-likeness (QED) is 0.267. The van der Waals surface area contributed by atoms with E-state index in [-0.39, 0.29) is 0 Å². The van der Waals surface area contributed by atoms with Crippen LogP contribution in [-0.2, 0) is 4.79 Å². The van der Waals surface area contributed by atoms with E-state index in [1.54, 1.807) is 0 Å². The second kappa shape index (κ2) is 17.8. The zero-order chi connectivity index (χ0) is 17.2. The van der Waals surface area contributed by atoms with E-state index in [0.29, 0.717) is 6.42 Å². The first-order valence-electron chi connectivity index (χ1n) is 10.4. The highest BCUT2D eigenvalue weighted by molar-refractivity contribution is 5.66. The maximum atomic E-state index is 10.4. The Morgan fingerprint density at radius 3 is 1.39 bits per heavy atom. The molecule has 1 N–H and O–H groups in total. The molecule has 0 aromatic carbocycles. The average Bonchev–Trinajstić information content (AvgIpc) is 2.53. The van der Waals surface area contributed by atoms with E-state index >= 15 is 0 Å². The normalized spacial score (nSPS) is 12.4. The van der Waals surface area contributed by atoms with Crippen LogP contribution in [0, 0.1) is 5.92 Å². The van der Waals surface area contributed by atoms with E-state index in [9.17, 15) is 4.79 Å². The van der Waals surface area contributed by atoms with Gasteiger partial charge in [-0.25, -0.2) is 0 Å². The van der Waals surface area contributed by atoms with Gasteiger partial charge in [0.1, 0.15) is 0 Å². The Kier molecular flexibility index (Phi) is 17.4. The van der Waals surface area contributed by atoms with E-state index in [4.69, 9.17) is 5.11 Å². The fraction of sp³-hybridized carbons (Fsp3) is 0.952. The van der Waals surface area contributed by atoms with Gasteiger partial charge >= 0.3 is 5.97 Å². The number of hydrogen-bond acceptors (Lipinski definition) is 1. The molecule has 0 aromatic rings. The molecule has 0 aliphatic heterocycles. The van der Waals surface area contributed by atoms with Crippen molar-refractivity contribution in [2.75, 3.05) is 0 Å². The van der Waals surface area contributed by atoms with Gasteiger partial charge < -0.3 is 5.11 Å². The van der Waals surface area contributed by atoms with Gasteiger partial charge in [0.15, 0.2) is 0 Å². The van der Waals surface area contributed by atoms with Gasteiger partial charge in [0.25, 0.3) is 0 Å². The molecule has 1 unspecified atom stereocenters. The molecule has 0 aliphatic rings. The second-order valence-electron chi connectivity index (χ2n) is 7.40. The summed E-state index contributed by atoms with van der Waals surface area (Å²) in [5, 5.41) is 8.55. The Balaban J connectivity index is 3.01. The van der Waals surface area contributed by atoms with Crippen molar-refractivity contribution < 1.29 is 9.90 Å². The number of carboxylic acids is 1. The maximum Gasteiger partial charge on any atom is 0.303 e. The summed E-state index contributed by atoms with van der Waals surface area (Å²) in [4.78, 5) is 10.4. The van der Waals surface area contributed by atoms with E-state index in [0.717, 1.165) is 18.8 Å². The van der Waals surface area contributed by atoms with Gasteiger partial charge in [0.2, 0.25) is 0 Å². The van der Waals surface area contributed by atoms with E-state index in [1.807, 2.05) is 0 Å². The summed E-state index contributed by atoms with van der Waals surface area (Å²) in [6, 6.07) is 0. The van der Waals surface area contributed by atoms with Gasteiger partial charge in [0.05, 0.1) is 0 Å². The smallest absolute Gasteiger partial charge is 0.303 e. The number of unbranched alkanes of at least 4 members (excludes halogenated alkanes) is 13. The summed E-state index contributed by atoms with van der Waals surface area (Å²) < 4.78 is 0. The average molecular weight is 327 g/mol. The molecule has 138 valence electrons. The van der Waals surface area contributed by atoms with E-state index < -0.39 is 5.97 Å². The van der Waals surface area contributed by atoms with Crippen LogP contribution in [0.5, 0.6) is 0 Å². The molecular formula is C21H42O2. The SMILES string of the molecule is CCC(C)CCCCCCCCCCCCCCCCC(=O)O. The van der Waals surface area contributed by atoms with E-state index in [1.165, 1.54) is 89.9 Å². The summed E-state index contributed by atoms with van der Waals surface area (Å²) in [7, 11) is 0. The molecule has 0 amide bonds. The van der Waals surface area contributed by atoms with Gasteiger partial charge in [-0.1, -0.05) is 110 Å². The van der Waals surface area contributed by atoms with Crippen molar-refractivity contribution >= 4 is 5.97 Å². The highest BCUT2D eigenvalue weighted by Gasteiger charge is 1.99. The first-order valence-corrected chi connectivity index (χ1v) is 10.4. The number of carboxylic acid groups (broad SMARTS) is 1. The lowest BCUT2D eigenvalue weighted by molar-refractivity contribution is -0.137. The van der Waals surface area contributed by atoms with Crippen LogP contribution >= 0.6 is 0 Å². The van der Waals surface area contributed by atoms with Crippen LogP contribution in [0.4, 0.5) is 0 Å². The Bertz CT molecular complexity index is 250. The third kappa shape index (κ3) is 19.4. The summed E-state index contributed by atoms with van der Waals surface area (Å²) >= 11 is 0. The zero-order valence-corrected chi connectivity index (χ0v) is 16.0. The maximum absolute atomic E-state index is 10.4. The van der Waals surface area contributed by atoms with Crippen LogP contribution < -0.4 is 0 Å². The van der Waals surface area contributed by atoms with Crippen molar-refractivity contribution in [1.82, 2.24) is 0 Å². The minimum Gasteiger partial charge on any atom is -0.481 e. The molecule has 0 spiro atoms. The second-order valence-corrected chi connectivity index (χ2v) is 7.40. The van der Waals surface area contributed by atoms with Gasteiger partial charge in [-0.05, 0) is 12.3 Å². The van der Waals surface area contributed by atoms with Gasteiger partial charge in [-0.2, -0.15) is 0 Å². The van der Waals surface area contributed by atoms with Crippen LogP contribution in [0.3, 0.4) is 0 Å². The predicted octanol–water partition coefficient (Wildman–Crippen LogP) is 7.36. The van der Waals surface area contributed by atoms with Crippen molar-refractivity contribution in [3.05, 3.63) is 0 Å². The topological polar surface area (TPSA) is 37.3 Å². The Morgan fingerprint density at radius 1 is 0.696 bits per heavy atom. The zero-order valence-electron chi connectivity index (χ0n) is 16.0. The van der Waals surface area contributed by atoms with Crippen molar-refractivity contribution in [2.45, 2.75) is 123 Å². The summed E-state index contributed by atoms with van der Waals surface area (Å²) in [6.45, 7) is 4.67. The van der Waals surface area contributed by atoms with Gasteiger partial charge in [-0.3, -0.25) is 4.79 Å². The Hall–Kier alpha value is -0.530. The molecule has 0 aromatic heterocycles. The molecule has 0 aliphatic carbocycles. The van der Waals surface area contributed by atoms with Crippen LogP contribution in [0.25, 0.3) is 0 Å². The first-order chi connectivity index (χ1) is 11.2. The van der Waals surface area contributed by atoms with Crippen molar-refractivity contribution in [1.29, 1.82) is 0 Å². The van der Waals surface area contributed by atoms with Gasteiger partial charge in [0, 0.05) is 6.42 Å². The third-order valence-corrected chi connectivity index (χ3v) is 5.03. The molecule has 23 heavy (non-hydrogen) atoms. The highest BCUT2D eigenvalue weighted by atomic mass is 16.4. The Morgan fingerprint density at radius 2 is 1.04 bits per heavy atom. The van der Waals surface area contributed by atoms with Gasteiger partial charge in [-0.15, -0.1) is 0 Å². The molecule has 0 rings (SSSR count). The number of aliphatic carboxylic acids is 1. The molecule has 0 saturated heterocycles. The van der Waals surface area contributed by atoms with Crippen LogP contribution in [0.1, 0.15) is 123 Å². The molecule has 0 fully saturated rings. The lowest BCUT2D eigenvalue weighted by Crippen LogP contribution is -1.93. The number of rotatable bonds is 18. The molecule has 0 radical (unpaired) electrons. The van der Waals surface area contributed by atoms with Crippen molar-refractivity contribution in [2.24, 2.45) is 5.92 Å². The van der Waals surface area contributed by atoms with Crippen LogP contribution in [0.2, 0.25) is 0 Å². The van der Waals surface area contributed by atoms with Crippen molar-refractivity contribution in [3.8, 4) is 0 Å². The van der Waals surface area contributed by atoms with Crippen molar-refractivity contribution in [3.63, 3.8) is 0 Å². The highest BCUT2D eigenvalue weighted by Crippen LogP contribution is 2.16. The number of carbonyl (C=O) groups is 1. The molecule has 0 heterocycles.